The predicted octanol–water partition coefficient (Wildman–Crippen LogP) is 2.91. The maximum Gasteiger partial charge on any atom is 0.0436 e. The van der Waals surface area contributed by atoms with Gasteiger partial charge in [-0.3, -0.25) is 0 Å². The molecule has 0 saturated carbocycles. The number of allylic oxidation sites excluding steroid dienone is 1. The van der Waals surface area contributed by atoms with Crippen molar-refractivity contribution in [2.24, 2.45) is 5.92 Å². The first-order chi connectivity index (χ1) is 5.81. The van der Waals surface area contributed by atoms with Crippen molar-refractivity contribution in [1.82, 2.24) is 0 Å². The summed E-state index contributed by atoms with van der Waals surface area (Å²) in [7, 11) is 0. The second-order valence-electron chi connectivity index (χ2n) is 3.17. The Hall–Kier alpha value is -0.520. The van der Waals surface area contributed by atoms with Gasteiger partial charge in [-0.1, -0.05) is 20.3 Å². The highest BCUT2D eigenvalue weighted by Crippen LogP contribution is 2.01. The fourth-order valence-corrected chi connectivity index (χ4v) is 0.909. The van der Waals surface area contributed by atoms with Crippen LogP contribution in [0.5, 0.6) is 0 Å². The van der Waals surface area contributed by atoms with Gasteiger partial charge in [0.25, 0.3) is 0 Å². The molecular weight excluding hydrogens is 148 g/mol. The summed E-state index contributed by atoms with van der Waals surface area (Å²) in [6, 6.07) is 0. The van der Waals surface area contributed by atoms with E-state index in [-0.39, 0.29) is 6.61 Å². The predicted molar refractivity (Wildman–Crippen MR) is 53.0 cm³/mol. The van der Waals surface area contributed by atoms with E-state index in [1.54, 1.807) is 0 Å². The lowest BCUT2D eigenvalue weighted by atomic mass is 10.1. The van der Waals surface area contributed by atoms with Crippen molar-refractivity contribution in [3.05, 3.63) is 17.9 Å². The molecular formula is C11H20O. The fourth-order valence-electron chi connectivity index (χ4n) is 0.909. The largest absolute Gasteiger partial charge is 0.396 e. The van der Waals surface area contributed by atoms with Gasteiger partial charge < -0.3 is 5.11 Å². The van der Waals surface area contributed by atoms with E-state index in [4.69, 9.17) is 5.11 Å². The first-order valence-corrected chi connectivity index (χ1v) is 4.83. The van der Waals surface area contributed by atoms with Crippen LogP contribution in [0.2, 0.25) is 0 Å². The second kappa shape index (κ2) is 8.58. The van der Waals surface area contributed by atoms with Crippen molar-refractivity contribution in [1.29, 1.82) is 0 Å². The molecule has 0 amide bonds. The molecule has 0 aromatic carbocycles. The van der Waals surface area contributed by atoms with E-state index in [9.17, 15) is 0 Å². The Balaban J connectivity index is 3.50. The summed E-state index contributed by atoms with van der Waals surface area (Å²) in [5, 5.41) is 8.62. The lowest BCUT2D eigenvalue weighted by Crippen LogP contribution is -1.92. The van der Waals surface area contributed by atoms with Gasteiger partial charge in [0.1, 0.15) is 0 Å². The van der Waals surface area contributed by atoms with E-state index in [0.717, 1.165) is 12.8 Å². The van der Waals surface area contributed by atoms with Gasteiger partial charge >= 0.3 is 0 Å². The zero-order valence-electron chi connectivity index (χ0n) is 8.21. The summed E-state index contributed by atoms with van der Waals surface area (Å²) in [6.07, 6.45) is 8.57. The zero-order valence-corrected chi connectivity index (χ0v) is 8.21. The molecule has 1 heteroatoms. The molecule has 0 aliphatic carbocycles. The van der Waals surface area contributed by atoms with Gasteiger partial charge in [-0.25, -0.2) is 0 Å². The molecule has 0 aliphatic heterocycles. The summed E-state index contributed by atoms with van der Waals surface area (Å²) >= 11 is 0. The number of hydrogen-bond acceptors (Lipinski definition) is 1. The summed E-state index contributed by atoms with van der Waals surface area (Å²) in [6.45, 7) is 4.55. The number of aliphatic hydroxyl groups excluding tert-OH is 1. The summed E-state index contributed by atoms with van der Waals surface area (Å²) in [5.74, 6) is 0.452. The molecule has 1 unspecified atom stereocenters. The second-order valence-corrected chi connectivity index (χ2v) is 3.17. The molecule has 1 atom stereocenters. The fraction of sp³-hybridized carbons (Fsp3) is 0.727. The standard InChI is InChI=1S/C11H20O/c1-3-4-5-6-7-8-11(2)9-10-12/h6,8,11-12H,3-5,9-10H2,1-2H3. The van der Waals surface area contributed by atoms with E-state index < -0.39 is 0 Å². The Morgan fingerprint density at radius 1 is 1.50 bits per heavy atom. The van der Waals surface area contributed by atoms with Gasteiger partial charge in [0.2, 0.25) is 0 Å². The number of aliphatic hydroxyl groups is 1. The normalized spacial score (nSPS) is 11.9. The molecule has 0 heterocycles. The lowest BCUT2D eigenvalue weighted by molar-refractivity contribution is 0.274. The molecule has 0 aliphatic rings. The molecule has 0 radical (unpaired) electrons. The minimum atomic E-state index is 0.272. The Labute approximate surface area is 75.8 Å². The van der Waals surface area contributed by atoms with Crippen LogP contribution in [-0.2, 0) is 0 Å². The first kappa shape index (κ1) is 11.5. The average Bonchev–Trinajstić information content (AvgIpc) is 2.05. The third kappa shape index (κ3) is 7.59. The van der Waals surface area contributed by atoms with Crippen molar-refractivity contribution in [2.45, 2.75) is 39.5 Å². The number of hydrogen-bond donors (Lipinski definition) is 1. The van der Waals surface area contributed by atoms with E-state index in [2.05, 4.69) is 25.7 Å². The average molecular weight is 168 g/mol. The molecule has 0 aromatic rings. The highest BCUT2D eigenvalue weighted by atomic mass is 16.2. The van der Waals surface area contributed by atoms with Crippen molar-refractivity contribution < 1.29 is 5.11 Å². The van der Waals surface area contributed by atoms with Gasteiger partial charge in [-0.15, -0.1) is 5.73 Å². The van der Waals surface area contributed by atoms with E-state index in [1.807, 2.05) is 6.08 Å². The molecule has 0 fully saturated rings. The lowest BCUT2D eigenvalue weighted by Gasteiger charge is -1.98. The van der Waals surface area contributed by atoms with E-state index >= 15 is 0 Å². The van der Waals surface area contributed by atoms with Gasteiger partial charge in [0, 0.05) is 6.61 Å². The summed E-state index contributed by atoms with van der Waals surface area (Å²) < 4.78 is 0. The Morgan fingerprint density at radius 3 is 2.83 bits per heavy atom. The number of rotatable bonds is 6. The molecule has 1 nitrogen and oxygen atoms in total. The third-order valence-electron chi connectivity index (χ3n) is 1.79. The van der Waals surface area contributed by atoms with E-state index in [0.29, 0.717) is 5.92 Å². The number of unbranched alkanes of at least 4 members (excludes halogenated alkanes) is 2. The highest BCUT2D eigenvalue weighted by molar-refractivity contribution is 4.87. The molecule has 0 rings (SSSR count). The van der Waals surface area contributed by atoms with Crippen LogP contribution in [0.1, 0.15) is 39.5 Å². The van der Waals surface area contributed by atoms with Crippen LogP contribution < -0.4 is 0 Å². The van der Waals surface area contributed by atoms with Gasteiger partial charge in [0.05, 0.1) is 0 Å². The van der Waals surface area contributed by atoms with Crippen molar-refractivity contribution >= 4 is 0 Å². The van der Waals surface area contributed by atoms with Crippen molar-refractivity contribution in [3.8, 4) is 0 Å². The Morgan fingerprint density at radius 2 is 2.25 bits per heavy atom. The van der Waals surface area contributed by atoms with Crippen LogP contribution in [0.25, 0.3) is 0 Å². The van der Waals surface area contributed by atoms with Crippen molar-refractivity contribution in [2.75, 3.05) is 6.61 Å². The molecule has 70 valence electrons. The maximum absolute atomic E-state index is 8.62. The molecule has 0 saturated heterocycles. The van der Waals surface area contributed by atoms with Crippen LogP contribution in [0, 0.1) is 5.92 Å². The van der Waals surface area contributed by atoms with Crippen LogP contribution >= 0.6 is 0 Å². The molecule has 0 spiro atoms. The monoisotopic (exact) mass is 168 g/mol. The zero-order chi connectivity index (χ0) is 9.23. The third-order valence-corrected chi connectivity index (χ3v) is 1.79. The SMILES string of the molecule is CCCCC=C=CC(C)CCO. The van der Waals surface area contributed by atoms with Gasteiger partial charge in [0.15, 0.2) is 0 Å². The first-order valence-electron chi connectivity index (χ1n) is 4.83. The quantitative estimate of drug-likeness (QED) is 0.477. The highest BCUT2D eigenvalue weighted by Gasteiger charge is 1.92. The van der Waals surface area contributed by atoms with Crippen molar-refractivity contribution in [3.63, 3.8) is 0 Å². The van der Waals surface area contributed by atoms with E-state index in [1.165, 1.54) is 12.8 Å². The molecule has 0 bridgehead atoms. The van der Waals surface area contributed by atoms with Crippen LogP contribution in [-0.4, -0.2) is 11.7 Å². The smallest absolute Gasteiger partial charge is 0.0436 e. The minimum absolute atomic E-state index is 0.272. The Bertz CT molecular complexity index is 143. The topological polar surface area (TPSA) is 20.2 Å². The minimum Gasteiger partial charge on any atom is -0.396 e. The van der Waals surface area contributed by atoms with Crippen LogP contribution in [0.4, 0.5) is 0 Å². The molecule has 1 N–H and O–H groups in total. The summed E-state index contributed by atoms with van der Waals surface area (Å²) in [5.41, 5.74) is 3.14. The van der Waals surface area contributed by atoms with Gasteiger partial charge in [-0.2, -0.15) is 0 Å². The van der Waals surface area contributed by atoms with Gasteiger partial charge in [-0.05, 0) is 37.3 Å². The Kier molecular flexibility index (Phi) is 8.20. The maximum atomic E-state index is 8.62. The van der Waals surface area contributed by atoms with Crippen LogP contribution in [0.15, 0.2) is 17.9 Å². The molecule has 0 aromatic heterocycles. The van der Waals surface area contributed by atoms with Crippen LogP contribution in [0.3, 0.4) is 0 Å². The summed E-state index contributed by atoms with van der Waals surface area (Å²) in [4.78, 5) is 0. The molecule has 12 heavy (non-hydrogen) atoms.